The fourth-order valence-corrected chi connectivity index (χ4v) is 9.64. The van der Waals surface area contributed by atoms with Crippen molar-refractivity contribution in [1.29, 1.82) is 0 Å². The van der Waals surface area contributed by atoms with Crippen LogP contribution in [0.15, 0.2) is 0 Å². The van der Waals surface area contributed by atoms with Gasteiger partial charge in [-0.3, -0.25) is 9.59 Å². The van der Waals surface area contributed by atoms with E-state index in [2.05, 4.69) is 27.7 Å². The lowest BCUT2D eigenvalue weighted by atomic mass is 9.43. The summed E-state index contributed by atoms with van der Waals surface area (Å²) in [5.74, 6) is 3.02. The Kier molecular flexibility index (Phi) is 8.66. The zero-order valence-electron chi connectivity index (χ0n) is 26.5. The monoisotopic (exact) mass is 546 g/mol. The van der Waals surface area contributed by atoms with E-state index in [9.17, 15) is 14.7 Å². The van der Waals surface area contributed by atoms with Crippen LogP contribution in [0.2, 0.25) is 0 Å². The lowest BCUT2D eigenvalue weighted by Gasteiger charge is -2.62. The second-order valence-electron chi connectivity index (χ2n) is 16.1. The van der Waals surface area contributed by atoms with Crippen molar-refractivity contribution in [1.82, 2.24) is 0 Å². The highest BCUT2D eigenvalue weighted by atomic mass is 16.6. The second-order valence-corrected chi connectivity index (χ2v) is 16.1. The van der Waals surface area contributed by atoms with E-state index in [1.807, 2.05) is 34.6 Å². The van der Waals surface area contributed by atoms with Crippen molar-refractivity contribution in [2.24, 2.45) is 51.8 Å². The molecule has 0 aliphatic heterocycles. The molecule has 1 N–H and O–H groups in total. The molecule has 0 aromatic heterocycles. The predicted octanol–water partition coefficient (Wildman–Crippen LogP) is 7.72. The van der Waals surface area contributed by atoms with E-state index in [-0.39, 0.29) is 35.0 Å². The summed E-state index contributed by atoms with van der Waals surface area (Å²) in [7, 11) is 0. The minimum Gasteiger partial charge on any atom is -0.462 e. The number of ether oxygens (including phenoxy) is 2. The molecule has 0 aromatic rings. The lowest BCUT2D eigenvalue weighted by molar-refractivity contribution is -0.185. The molecule has 4 fully saturated rings. The maximum absolute atomic E-state index is 12.8. The Morgan fingerprint density at radius 2 is 1.67 bits per heavy atom. The van der Waals surface area contributed by atoms with Gasteiger partial charge in [-0.25, -0.2) is 0 Å². The first kappa shape index (κ1) is 30.8. The first-order valence-electron chi connectivity index (χ1n) is 16.1. The lowest BCUT2D eigenvalue weighted by Crippen LogP contribution is -2.59. The Hall–Kier alpha value is -1.10. The van der Waals surface area contributed by atoms with E-state index in [4.69, 9.17) is 9.47 Å². The molecule has 224 valence electrons. The molecule has 4 rings (SSSR count). The van der Waals surface area contributed by atoms with Crippen LogP contribution in [0.3, 0.4) is 0 Å². The number of esters is 2. The molecule has 5 heteroatoms. The molecule has 0 amide bonds. The van der Waals surface area contributed by atoms with Crippen molar-refractivity contribution in [3.8, 4) is 0 Å². The van der Waals surface area contributed by atoms with Gasteiger partial charge in [0.05, 0.1) is 11.5 Å². The zero-order valence-corrected chi connectivity index (χ0v) is 26.5. The summed E-state index contributed by atoms with van der Waals surface area (Å²) in [6, 6.07) is 0. The van der Waals surface area contributed by atoms with Gasteiger partial charge in [0.15, 0.2) is 0 Å². The molecule has 0 aromatic carbocycles. The number of fused-ring (bicyclic) bond motifs is 5. The molecule has 0 radical (unpaired) electrons. The topological polar surface area (TPSA) is 72.8 Å². The number of aliphatic hydroxyl groups is 1. The van der Waals surface area contributed by atoms with Gasteiger partial charge in [-0.15, -0.1) is 0 Å². The molecule has 4 saturated carbocycles. The van der Waals surface area contributed by atoms with Crippen LogP contribution >= 0.6 is 0 Å². The fraction of sp³-hybridized carbons (Fsp3) is 0.941. The van der Waals surface area contributed by atoms with Gasteiger partial charge in [0, 0.05) is 6.42 Å². The highest BCUT2D eigenvalue weighted by Gasteiger charge is 2.64. The van der Waals surface area contributed by atoms with Gasteiger partial charge in [0.2, 0.25) is 0 Å². The normalized spacial score (nSPS) is 41.1. The molecule has 4 aliphatic carbocycles. The number of carbonyl (C=O) groups excluding carboxylic acids is 2. The van der Waals surface area contributed by atoms with E-state index in [1.54, 1.807) is 0 Å². The number of carbonyl (C=O) groups is 2. The zero-order chi connectivity index (χ0) is 29.0. The fourth-order valence-electron chi connectivity index (χ4n) is 9.64. The first-order chi connectivity index (χ1) is 18.0. The molecule has 0 spiro atoms. The van der Waals surface area contributed by atoms with Gasteiger partial charge in [-0.2, -0.15) is 0 Å². The maximum atomic E-state index is 12.8. The molecule has 0 bridgehead atoms. The Morgan fingerprint density at radius 3 is 2.31 bits per heavy atom. The third-order valence-corrected chi connectivity index (χ3v) is 12.4. The van der Waals surface area contributed by atoms with Crippen LogP contribution in [0.5, 0.6) is 0 Å². The molecule has 39 heavy (non-hydrogen) atoms. The van der Waals surface area contributed by atoms with Gasteiger partial charge in [0.25, 0.3) is 0 Å². The molecule has 10 atom stereocenters. The van der Waals surface area contributed by atoms with Gasteiger partial charge in [-0.05, 0) is 145 Å². The Balaban J connectivity index is 1.42. The van der Waals surface area contributed by atoms with E-state index < -0.39 is 11.0 Å². The van der Waals surface area contributed by atoms with Crippen molar-refractivity contribution in [3.05, 3.63) is 0 Å². The van der Waals surface area contributed by atoms with Crippen LogP contribution < -0.4 is 0 Å². The molecule has 5 nitrogen and oxygen atoms in total. The highest BCUT2D eigenvalue weighted by molar-refractivity contribution is 5.76. The van der Waals surface area contributed by atoms with Gasteiger partial charge < -0.3 is 14.6 Å². The minimum absolute atomic E-state index is 0.0402. The van der Waals surface area contributed by atoms with Crippen molar-refractivity contribution in [3.63, 3.8) is 0 Å². The van der Waals surface area contributed by atoms with E-state index >= 15 is 0 Å². The SMILES string of the molecule is CCC(C)(C)C(=O)OC1CC[C@@]2(C)C(CCC3C2CC(O)[C@]2(C)C(C(C)CCC(=O)OC(C)(C)C)CCC32)C1. The Morgan fingerprint density at radius 1 is 0.974 bits per heavy atom. The average molecular weight is 547 g/mol. The largest absolute Gasteiger partial charge is 0.462 e. The molecular formula is C34H58O5. The summed E-state index contributed by atoms with van der Waals surface area (Å²) in [5.41, 5.74) is -0.717. The third kappa shape index (κ3) is 5.82. The average Bonchev–Trinajstić information content (AvgIpc) is 3.21. The summed E-state index contributed by atoms with van der Waals surface area (Å²) in [6.07, 6.45) is 10.5. The van der Waals surface area contributed by atoms with E-state index in [1.165, 1.54) is 19.3 Å². The Bertz CT molecular complexity index is 904. The predicted molar refractivity (Wildman–Crippen MR) is 155 cm³/mol. The van der Waals surface area contributed by atoms with Crippen molar-refractivity contribution < 1.29 is 24.2 Å². The van der Waals surface area contributed by atoms with Crippen molar-refractivity contribution in [2.45, 2.75) is 151 Å². The number of hydrogen-bond donors (Lipinski definition) is 1. The summed E-state index contributed by atoms with van der Waals surface area (Å²) in [6.45, 7) is 19.0. The molecule has 8 unspecified atom stereocenters. The van der Waals surface area contributed by atoms with Crippen LogP contribution in [-0.2, 0) is 19.1 Å². The number of rotatable bonds is 7. The highest BCUT2D eigenvalue weighted by Crippen LogP contribution is 2.68. The molecule has 4 aliphatic rings. The van der Waals surface area contributed by atoms with Crippen LogP contribution in [-0.4, -0.2) is 34.9 Å². The van der Waals surface area contributed by atoms with E-state index in [0.29, 0.717) is 41.9 Å². The standard InChI is InChI=1S/C34H58O5/c1-10-32(6,7)30(37)38-23-17-18-33(8)22(19-23)12-13-24-26-15-14-25(34(26,9)28(35)20-27(24)33)21(2)11-16-29(36)39-31(3,4)5/h21-28,35H,10-20H2,1-9H3/t21?,22?,23?,24?,25?,26?,27?,28?,33-,34+/m0/s1. The van der Waals surface area contributed by atoms with Crippen LogP contribution in [0.1, 0.15) is 133 Å². The van der Waals surface area contributed by atoms with Crippen molar-refractivity contribution in [2.75, 3.05) is 0 Å². The van der Waals surface area contributed by atoms with Crippen LogP contribution in [0.4, 0.5) is 0 Å². The van der Waals surface area contributed by atoms with Gasteiger partial charge in [0.1, 0.15) is 11.7 Å². The summed E-state index contributed by atoms with van der Waals surface area (Å²) >= 11 is 0. The van der Waals surface area contributed by atoms with Gasteiger partial charge >= 0.3 is 11.9 Å². The van der Waals surface area contributed by atoms with E-state index in [0.717, 1.165) is 44.9 Å². The number of hydrogen-bond acceptors (Lipinski definition) is 5. The Labute approximate surface area is 238 Å². The summed E-state index contributed by atoms with van der Waals surface area (Å²) < 4.78 is 11.6. The van der Waals surface area contributed by atoms with Crippen LogP contribution in [0, 0.1) is 51.8 Å². The summed E-state index contributed by atoms with van der Waals surface area (Å²) in [4.78, 5) is 25.2. The van der Waals surface area contributed by atoms with Crippen LogP contribution in [0.25, 0.3) is 0 Å². The second kappa shape index (κ2) is 11.0. The van der Waals surface area contributed by atoms with Crippen molar-refractivity contribution >= 4 is 11.9 Å². The summed E-state index contributed by atoms with van der Waals surface area (Å²) in [5, 5.41) is 11.9. The first-order valence-corrected chi connectivity index (χ1v) is 16.1. The number of aliphatic hydroxyl groups excluding tert-OH is 1. The third-order valence-electron chi connectivity index (χ3n) is 12.4. The molecular weight excluding hydrogens is 488 g/mol. The van der Waals surface area contributed by atoms with Gasteiger partial charge in [-0.1, -0.05) is 27.7 Å². The molecule has 0 saturated heterocycles. The smallest absolute Gasteiger partial charge is 0.311 e. The quantitative estimate of drug-likeness (QED) is 0.331. The molecule has 0 heterocycles. The minimum atomic E-state index is -0.443. The maximum Gasteiger partial charge on any atom is 0.311 e.